The van der Waals surface area contributed by atoms with Crippen molar-refractivity contribution >= 4 is 38.9 Å². The van der Waals surface area contributed by atoms with Gasteiger partial charge in [-0.2, -0.15) is 0 Å². The van der Waals surface area contributed by atoms with Crippen molar-refractivity contribution in [2.45, 2.75) is 17.6 Å². The normalized spacial score (nSPS) is 11.0. The molecular formula is C16H15NS2. The summed E-state index contributed by atoms with van der Waals surface area (Å²) >= 11 is 3.69. The number of hydrogen-bond acceptors (Lipinski definition) is 3. The molecule has 1 aromatic heterocycles. The van der Waals surface area contributed by atoms with Crippen molar-refractivity contribution < 1.29 is 0 Å². The van der Waals surface area contributed by atoms with E-state index in [4.69, 9.17) is 5.73 Å². The molecule has 0 aliphatic carbocycles. The highest BCUT2D eigenvalue weighted by atomic mass is 32.2. The molecule has 3 aromatic rings. The van der Waals surface area contributed by atoms with Gasteiger partial charge in [0.1, 0.15) is 0 Å². The zero-order valence-electron chi connectivity index (χ0n) is 10.7. The molecule has 0 aliphatic heterocycles. The van der Waals surface area contributed by atoms with Crippen LogP contribution >= 0.6 is 23.1 Å². The van der Waals surface area contributed by atoms with Gasteiger partial charge in [-0.1, -0.05) is 18.2 Å². The molecular weight excluding hydrogens is 270 g/mol. The van der Waals surface area contributed by atoms with Gasteiger partial charge in [-0.15, -0.1) is 23.1 Å². The van der Waals surface area contributed by atoms with Gasteiger partial charge in [-0.3, -0.25) is 0 Å². The molecule has 1 heterocycles. The summed E-state index contributed by atoms with van der Waals surface area (Å²) in [4.78, 5) is 1.28. The van der Waals surface area contributed by atoms with Gasteiger partial charge in [-0.05, 0) is 53.1 Å². The lowest BCUT2D eigenvalue weighted by Gasteiger charge is -2.04. The molecule has 0 amide bonds. The third kappa shape index (κ3) is 2.62. The molecule has 2 aromatic carbocycles. The number of fused-ring (bicyclic) bond motifs is 1. The van der Waals surface area contributed by atoms with E-state index < -0.39 is 0 Å². The van der Waals surface area contributed by atoms with E-state index in [0.717, 1.165) is 17.0 Å². The quantitative estimate of drug-likeness (QED) is 0.536. The van der Waals surface area contributed by atoms with Crippen molar-refractivity contribution in [3.63, 3.8) is 0 Å². The van der Waals surface area contributed by atoms with E-state index in [-0.39, 0.29) is 0 Å². The molecule has 0 saturated heterocycles. The summed E-state index contributed by atoms with van der Waals surface area (Å²) in [6.07, 6.45) is 0. The average molecular weight is 285 g/mol. The van der Waals surface area contributed by atoms with E-state index in [9.17, 15) is 0 Å². The van der Waals surface area contributed by atoms with Crippen molar-refractivity contribution in [3.8, 4) is 0 Å². The summed E-state index contributed by atoms with van der Waals surface area (Å²) in [5.74, 6) is 1.01. The molecule has 96 valence electrons. The second-order valence-electron chi connectivity index (χ2n) is 4.56. The predicted molar refractivity (Wildman–Crippen MR) is 87.0 cm³/mol. The monoisotopic (exact) mass is 285 g/mol. The average Bonchev–Trinajstić information content (AvgIpc) is 2.83. The summed E-state index contributed by atoms with van der Waals surface area (Å²) in [6, 6.07) is 14.8. The Morgan fingerprint density at radius 3 is 2.84 bits per heavy atom. The van der Waals surface area contributed by atoms with Crippen LogP contribution in [0.2, 0.25) is 0 Å². The number of thioether (sulfide) groups is 1. The van der Waals surface area contributed by atoms with Crippen LogP contribution in [0.1, 0.15) is 11.1 Å². The summed E-state index contributed by atoms with van der Waals surface area (Å²) in [6.45, 7) is 2.05. The minimum Gasteiger partial charge on any atom is -0.399 e. The Bertz CT molecular complexity index is 716. The first-order chi connectivity index (χ1) is 9.24. The lowest BCUT2D eigenvalue weighted by Crippen LogP contribution is -1.88. The second-order valence-corrected chi connectivity index (χ2v) is 6.52. The highest BCUT2D eigenvalue weighted by molar-refractivity contribution is 7.98. The number of benzene rings is 2. The van der Waals surface area contributed by atoms with Gasteiger partial charge in [0.2, 0.25) is 0 Å². The number of nitrogens with two attached hydrogens (primary N) is 1. The first-order valence-electron chi connectivity index (χ1n) is 6.18. The fourth-order valence-corrected chi connectivity index (χ4v) is 4.10. The maximum Gasteiger partial charge on any atom is 0.0345 e. The maximum absolute atomic E-state index is 5.85. The van der Waals surface area contributed by atoms with Crippen LogP contribution in [0.5, 0.6) is 0 Å². The Hall–Kier alpha value is -1.45. The van der Waals surface area contributed by atoms with E-state index in [1.54, 1.807) is 0 Å². The number of nitrogen functional groups attached to an aromatic ring is 1. The zero-order chi connectivity index (χ0) is 13.2. The Kier molecular flexibility index (Phi) is 3.49. The fourth-order valence-electron chi connectivity index (χ4n) is 2.04. The summed E-state index contributed by atoms with van der Waals surface area (Å²) < 4.78 is 1.37. The smallest absolute Gasteiger partial charge is 0.0345 e. The van der Waals surface area contributed by atoms with Crippen molar-refractivity contribution in [2.75, 3.05) is 5.73 Å². The van der Waals surface area contributed by atoms with Gasteiger partial charge in [0.15, 0.2) is 0 Å². The maximum atomic E-state index is 5.85. The highest BCUT2D eigenvalue weighted by Gasteiger charge is 2.04. The van der Waals surface area contributed by atoms with E-state index >= 15 is 0 Å². The molecule has 0 fully saturated rings. The SMILES string of the molecule is Cc1cc(SCc2csc3ccccc23)ccc1N. The summed E-state index contributed by atoms with van der Waals surface area (Å²) in [7, 11) is 0. The van der Waals surface area contributed by atoms with Crippen molar-refractivity contribution in [2.24, 2.45) is 0 Å². The minimum absolute atomic E-state index is 0.866. The molecule has 3 rings (SSSR count). The molecule has 0 unspecified atom stereocenters. The van der Waals surface area contributed by atoms with E-state index in [1.165, 1.54) is 20.5 Å². The van der Waals surface area contributed by atoms with Crippen LogP contribution in [0.15, 0.2) is 52.7 Å². The van der Waals surface area contributed by atoms with Crippen molar-refractivity contribution in [1.82, 2.24) is 0 Å². The van der Waals surface area contributed by atoms with Gasteiger partial charge >= 0.3 is 0 Å². The number of thiophene rings is 1. The zero-order valence-corrected chi connectivity index (χ0v) is 12.4. The Morgan fingerprint density at radius 1 is 1.16 bits per heavy atom. The largest absolute Gasteiger partial charge is 0.399 e. The van der Waals surface area contributed by atoms with Gasteiger partial charge in [-0.25, -0.2) is 0 Å². The Labute approximate surface area is 121 Å². The topological polar surface area (TPSA) is 26.0 Å². The molecule has 19 heavy (non-hydrogen) atoms. The van der Waals surface area contributed by atoms with E-state index in [1.807, 2.05) is 29.2 Å². The molecule has 2 N–H and O–H groups in total. The predicted octanol–water partition coefficient (Wildman–Crippen LogP) is 5.08. The van der Waals surface area contributed by atoms with E-state index in [2.05, 4.69) is 48.7 Å². The van der Waals surface area contributed by atoms with Crippen molar-refractivity contribution in [3.05, 3.63) is 59.0 Å². The number of anilines is 1. The third-order valence-corrected chi connectivity index (χ3v) is 5.25. The first-order valence-corrected chi connectivity index (χ1v) is 8.04. The fraction of sp³-hybridized carbons (Fsp3) is 0.125. The van der Waals surface area contributed by atoms with Gasteiger partial charge < -0.3 is 5.73 Å². The van der Waals surface area contributed by atoms with Crippen LogP contribution in [-0.4, -0.2) is 0 Å². The molecule has 0 radical (unpaired) electrons. The molecule has 0 saturated carbocycles. The molecule has 0 spiro atoms. The van der Waals surface area contributed by atoms with E-state index in [0.29, 0.717) is 0 Å². The molecule has 1 nitrogen and oxygen atoms in total. The first kappa shape index (κ1) is 12.6. The highest BCUT2D eigenvalue weighted by Crippen LogP contribution is 2.32. The van der Waals surface area contributed by atoms with Gasteiger partial charge in [0, 0.05) is 21.0 Å². The lowest BCUT2D eigenvalue weighted by molar-refractivity contribution is 1.35. The molecule has 3 heteroatoms. The van der Waals surface area contributed by atoms with Crippen LogP contribution in [0.3, 0.4) is 0 Å². The Balaban J connectivity index is 1.80. The van der Waals surface area contributed by atoms with Crippen molar-refractivity contribution in [1.29, 1.82) is 0 Å². The van der Waals surface area contributed by atoms with Crippen LogP contribution < -0.4 is 5.73 Å². The van der Waals surface area contributed by atoms with Gasteiger partial charge in [0.05, 0.1) is 0 Å². The molecule has 0 atom stereocenters. The number of aryl methyl sites for hydroxylation is 1. The van der Waals surface area contributed by atoms with Crippen LogP contribution in [0.25, 0.3) is 10.1 Å². The molecule has 0 aliphatic rings. The lowest BCUT2D eigenvalue weighted by atomic mass is 10.2. The molecule has 0 bridgehead atoms. The van der Waals surface area contributed by atoms with Crippen LogP contribution in [0.4, 0.5) is 5.69 Å². The minimum atomic E-state index is 0.866. The summed E-state index contributed by atoms with van der Waals surface area (Å²) in [5, 5.41) is 3.65. The number of rotatable bonds is 3. The second kappa shape index (κ2) is 5.27. The third-order valence-electron chi connectivity index (χ3n) is 3.20. The van der Waals surface area contributed by atoms with Crippen LogP contribution in [-0.2, 0) is 5.75 Å². The summed E-state index contributed by atoms with van der Waals surface area (Å²) in [5.41, 5.74) is 9.28. The number of hydrogen-bond donors (Lipinski definition) is 1. The standard InChI is InChI=1S/C16H15NS2/c1-11-8-13(6-7-15(11)17)18-9-12-10-19-16-5-3-2-4-14(12)16/h2-8,10H,9,17H2,1H3. The van der Waals surface area contributed by atoms with Gasteiger partial charge in [0.25, 0.3) is 0 Å². The Morgan fingerprint density at radius 2 is 2.00 bits per heavy atom. The van der Waals surface area contributed by atoms with Crippen LogP contribution in [0, 0.1) is 6.92 Å².